The number of rotatable bonds is 9. The van der Waals surface area contributed by atoms with E-state index in [-0.39, 0.29) is 23.1 Å². The third-order valence-electron chi connectivity index (χ3n) is 4.20. The summed E-state index contributed by atoms with van der Waals surface area (Å²) in [6.07, 6.45) is -2.92. The van der Waals surface area contributed by atoms with Gasteiger partial charge in [-0.15, -0.1) is 16.8 Å². The van der Waals surface area contributed by atoms with E-state index >= 15 is 0 Å². The van der Waals surface area contributed by atoms with Crippen LogP contribution in [-0.2, 0) is 24.1 Å². The lowest BCUT2D eigenvalue weighted by Gasteiger charge is -2.12. The number of para-hydroxylation sites is 1. The first kappa shape index (κ1) is 24.9. The highest BCUT2D eigenvalue weighted by Gasteiger charge is 2.31. The van der Waals surface area contributed by atoms with Crippen molar-refractivity contribution in [2.75, 3.05) is 11.1 Å². The standard InChI is InChI=1S/C21H17Cl2F3N4O2S/c1-2-9-30-18(11-32-17-6-4-3-5-15(17)23)28-29-20(30)33-12-19(31)27-16-10-13(21(24,25)26)7-8-14(16)22/h2-8,10H,1,9,11-12H2,(H,27,31). The van der Waals surface area contributed by atoms with Gasteiger partial charge in [0.05, 0.1) is 27.0 Å². The number of amides is 1. The molecule has 1 aromatic heterocycles. The summed E-state index contributed by atoms with van der Waals surface area (Å²) < 4.78 is 46.1. The number of benzene rings is 2. The molecular formula is C21H17Cl2F3N4O2S. The van der Waals surface area contributed by atoms with Crippen molar-refractivity contribution in [1.29, 1.82) is 0 Å². The molecule has 1 amide bonds. The zero-order chi connectivity index (χ0) is 24.0. The number of halogens is 5. The second-order valence-electron chi connectivity index (χ2n) is 6.55. The summed E-state index contributed by atoms with van der Waals surface area (Å²) in [5.41, 5.74) is -1.04. The summed E-state index contributed by atoms with van der Waals surface area (Å²) in [5, 5.41) is 11.4. The fourth-order valence-corrected chi connectivity index (χ4v) is 3.78. The van der Waals surface area contributed by atoms with E-state index in [9.17, 15) is 18.0 Å². The minimum Gasteiger partial charge on any atom is -0.484 e. The van der Waals surface area contributed by atoms with E-state index in [0.29, 0.717) is 28.3 Å². The fraction of sp³-hybridized carbons (Fsp3) is 0.190. The van der Waals surface area contributed by atoms with E-state index in [0.717, 1.165) is 30.0 Å². The number of ether oxygens (including phenoxy) is 1. The van der Waals surface area contributed by atoms with Gasteiger partial charge in [0.2, 0.25) is 5.91 Å². The first-order valence-corrected chi connectivity index (χ1v) is 11.1. The molecule has 0 unspecified atom stereocenters. The van der Waals surface area contributed by atoms with Gasteiger partial charge >= 0.3 is 6.18 Å². The minimum absolute atomic E-state index is 0.00446. The molecule has 0 aliphatic carbocycles. The Morgan fingerprint density at radius 1 is 1.18 bits per heavy atom. The van der Waals surface area contributed by atoms with Gasteiger partial charge < -0.3 is 10.1 Å². The van der Waals surface area contributed by atoms with E-state index in [4.69, 9.17) is 27.9 Å². The Kier molecular flexibility index (Phi) is 8.28. The molecule has 2 aromatic carbocycles. The van der Waals surface area contributed by atoms with Gasteiger partial charge in [-0.05, 0) is 30.3 Å². The monoisotopic (exact) mass is 516 g/mol. The first-order valence-electron chi connectivity index (χ1n) is 9.38. The van der Waals surface area contributed by atoms with E-state index in [2.05, 4.69) is 22.1 Å². The molecule has 0 fully saturated rings. The van der Waals surface area contributed by atoms with Crippen LogP contribution in [0.25, 0.3) is 0 Å². The molecular weight excluding hydrogens is 500 g/mol. The SMILES string of the molecule is C=CCn1c(COc2ccccc2Cl)nnc1SCC(=O)Nc1cc(C(F)(F)F)ccc1Cl. The molecule has 0 saturated heterocycles. The molecule has 1 N–H and O–H groups in total. The molecule has 12 heteroatoms. The second kappa shape index (κ2) is 11.0. The van der Waals surface area contributed by atoms with Crippen LogP contribution in [0, 0.1) is 0 Å². The maximum absolute atomic E-state index is 12.9. The topological polar surface area (TPSA) is 69.0 Å². The predicted molar refractivity (Wildman–Crippen MR) is 122 cm³/mol. The summed E-state index contributed by atoms with van der Waals surface area (Å²) in [7, 11) is 0. The van der Waals surface area contributed by atoms with Crippen LogP contribution in [0.1, 0.15) is 11.4 Å². The quantitative estimate of drug-likeness (QED) is 0.275. The number of alkyl halides is 3. The van der Waals surface area contributed by atoms with Crippen molar-refractivity contribution in [3.63, 3.8) is 0 Å². The average Bonchev–Trinajstić information content (AvgIpc) is 3.14. The highest BCUT2D eigenvalue weighted by atomic mass is 35.5. The molecule has 0 aliphatic rings. The van der Waals surface area contributed by atoms with E-state index in [1.54, 1.807) is 34.9 Å². The normalized spacial score (nSPS) is 11.3. The Balaban J connectivity index is 1.66. The van der Waals surface area contributed by atoms with Crippen LogP contribution in [0.4, 0.5) is 18.9 Å². The molecule has 0 bridgehead atoms. The summed E-state index contributed by atoms with van der Waals surface area (Å²) in [5.74, 6) is 0.286. The van der Waals surface area contributed by atoms with Gasteiger partial charge in [-0.2, -0.15) is 13.2 Å². The van der Waals surface area contributed by atoms with E-state index < -0.39 is 17.6 Å². The number of carbonyl (C=O) groups is 1. The third kappa shape index (κ3) is 6.66. The van der Waals surface area contributed by atoms with Crippen LogP contribution in [0.3, 0.4) is 0 Å². The highest BCUT2D eigenvalue weighted by Crippen LogP contribution is 2.34. The molecule has 6 nitrogen and oxygen atoms in total. The number of nitrogens with zero attached hydrogens (tertiary/aromatic N) is 3. The fourth-order valence-electron chi connectivity index (χ4n) is 2.66. The maximum Gasteiger partial charge on any atom is 0.416 e. The smallest absolute Gasteiger partial charge is 0.416 e. The van der Waals surface area contributed by atoms with Crippen LogP contribution in [-0.4, -0.2) is 26.4 Å². The number of thioether (sulfide) groups is 1. The number of nitrogens with one attached hydrogen (secondary N) is 1. The Bertz CT molecular complexity index is 1150. The molecule has 0 atom stereocenters. The highest BCUT2D eigenvalue weighted by molar-refractivity contribution is 7.99. The summed E-state index contributed by atoms with van der Waals surface area (Å²) in [4.78, 5) is 12.3. The Hall–Kier alpha value is -2.69. The number of carbonyl (C=O) groups excluding carboxylic acids is 1. The average molecular weight is 517 g/mol. The Labute approximate surface area is 201 Å². The van der Waals surface area contributed by atoms with Gasteiger partial charge in [0, 0.05) is 6.54 Å². The second-order valence-corrected chi connectivity index (χ2v) is 8.30. The maximum atomic E-state index is 12.9. The van der Waals surface area contributed by atoms with Crippen molar-refractivity contribution in [2.45, 2.75) is 24.5 Å². The van der Waals surface area contributed by atoms with Crippen LogP contribution < -0.4 is 10.1 Å². The Morgan fingerprint density at radius 2 is 1.94 bits per heavy atom. The number of hydrogen-bond donors (Lipinski definition) is 1. The van der Waals surface area contributed by atoms with E-state index in [1.165, 1.54) is 0 Å². The molecule has 1 heterocycles. The Morgan fingerprint density at radius 3 is 2.64 bits per heavy atom. The molecule has 0 aliphatic heterocycles. The lowest BCUT2D eigenvalue weighted by Crippen LogP contribution is -2.16. The van der Waals surface area contributed by atoms with Crippen molar-refractivity contribution in [2.24, 2.45) is 0 Å². The predicted octanol–water partition coefficient (Wildman–Crippen LogP) is 6.10. The van der Waals surface area contributed by atoms with Gasteiger partial charge in [0.1, 0.15) is 12.4 Å². The largest absolute Gasteiger partial charge is 0.484 e. The minimum atomic E-state index is -4.55. The van der Waals surface area contributed by atoms with E-state index in [1.807, 2.05) is 0 Å². The van der Waals surface area contributed by atoms with Gasteiger partial charge in [-0.3, -0.25) is 9.36 Å². The van der Waals surface area contributed by atoms with Gasteiger partial charge in [-0.1, -0.05) is 53.2 Å². The molecule has 0 spiro atoms. The molecule has 3 rings (SSSR count). The van der Waals surface area contributed by atoms with Crippen molar-refractivity contribution in [3.05, 3.63) is 76.6 Å². The summed E-state index contributed by atoms with van der Waals surface area (Å²) in [6.45, 7) is 4.14. The van der Waals surface area contributed by atoms with Crippen LogP contribution >= 0.6 is 35.0 Å². The van der Waals surface area contributed by atoms with Crippen molar-refractivity contribution in [3.8, 4) is 5.75 Å². The van der Waals surface area contributed by atoms with Crippen LogP contribution in [0.15, 0.2) is 60.3 Å². The van der Waals surface area contributed by atoms with Crippen LogP contribution in [0.5, 0.6) is 5.75 Å². The van der Waals surface area contributed by atoms with Crippen molar-refractivity contribution in [1.82, 2.24) is 14.8 Å². The van der Waals surface area contributed by atoms with Crippen molar-refractivity contribution >= 4 is 46.6 Å². The zero-order valence-electron chi connectivity index (χ0n) is 16.9. The number of anilines is 1. The number of allylic oxidation sites excluding steroid dienone is 1. The lowest BCUT2D eigenvalue weighted by molar-refractivity contribution is -0.137. The number of aromatic nitrogens is 3. The molecule has 33 heavy (non-hydrogen) atoms. The third-order valence-corrected chi connectivity index (χ3v) is 5.81. The summed E-state index contributed by atoms with van der Waals surface area (Å²) in [6, 6.07) is 9.69. The van der Waals surface area contributed by atoms with Crippen molar-refractivity contribution < 1.29 is 22.7 Å². The van der Waals surface area contributed by atoms with Crippen LogP contribution in [0.2, 0.25) is 10.0 Å². The molecule has 174 valence electrons. The van der Waals surface area contributed by atoms with Gasteiger partial charge in [-0.25, -0.2) is 0 Å². The lowest BCUT2D eigenvalue weighted by atomic mass is 10.2. The molecule has 0 radical (unpaired) electrons. The van der Waals surface area contributed by atoms with Gasteiger partial charge in [0.25, 0.3) is 0 Å². The zero-order valence-corrected chi connectivity index (χ0v) is 19.2. The molecule has 0 saturated carbocycles. The van der Waals surface area contributed by atoms with Gasteiger partial charge in [0.15, 0.2) is 11.0 Å². The first-order chi connectivity index (χ1) is 15.7. The molecule has 3 aromatic rings. The number of hydrogen-bond acceptors (Lipinski definition) is 5. The summed E-state index contributed by atoms with van der Waals surface area (Å²) >= 11 is 13.1.